The number of halogens is 1. The van der Waals surface area contributed by atoms with Crippen molar-refractivity contribution < 1.29 is 9.59 Å². The first-order chi connectivity index (χ1) is 12.0. The first-order valence-corrected chi connectivity index (χ1v) is 8.78. The van der Waals surface area contributed by atoms with Crippen molar-refractivity contribution in [1.29, 1.82) is 0 Å². The normalized spacial score (nSPS) is 18.3. The number of anilines is 1. The molecule has 1 aliphatic heterocycles. The predicted molar refractivity (Wildman–Crippen MR) is 99.6 cm³/mol. The largest absolute Gasteiger partial charge is 0.349 e. The van der Waals surface area contributed by atoms with Crippen molar-refractivity contribution in [2.75, 3.05) is 11.4 Å². The Morgan fingerprint density at radius 2 is 1.92 bits per heavy atom. The summed E-state index contributed by atoms with van der Waals surface area (Å²) in [6, 6.07) is 15.1. The van der Waals surface area contributed by atoms with Gasteiger partial charge in [-0.2, -0.15) is 0 Å². The van der Waals surface area contributed by atoms with Gasteiger partial charge in [-0.3, -0.25) is 9.59 Å². The van der Waals surface area contributed by atoms with Gasteiger partial charge >= 0.3 is 0 Å². The Balaban J connectivity index is 1.71. The molecule has 3 rings (SSSR count). The molecule has 0 radical (unpaired) electrons. The minimum atomic E-state index is -0.649. The van der Waals surface area contributed by atoms with Crippen LogP contribution >= 0.6 is 11.6 Å². The van der Waals surface area contributed by atoms with E-state index in [0.717, 1.165) is 16.8 Å². The van der Waals surface area contributed by atoms with Crippen LogP contribution in [0, 0.1) is 12.8 Å². The van der Waals surface area contributed by atoms with Crippen molar-refractivity contribution in [3.63, 3.8) is 0 Å². The van der Waals surface area contributed by atoms with E-state index in [-0.39, 0.29) is 17.9 Å². The Hall–Kier alpha value is -2.33. The molecule has 0 bridgehead atoms. The summed E-state index contributed by atoms with van der Waals surface area (Å²) in [6.45, 7) is 4.33. The Bertz CT molecular complexity index is 792. The van der Waals surface area contributed by atoms with Gasteiger partial charge in [-0.15, -0.1) is 0 Å². The maximum atomic E-state index is 12.8. The zero-order valence-electron chi connectivity index (χ0n) is 14.3. The summed E-state index contributed by atoms with van der Waals surface area (Å²) in [7, 11) is 0. The van der Waals surface area contributed by atoms with Gasteiger partial charge < -0.3 is 10.2 Å². The lowest BCUT2D eigenvalue weighted by Gasteiger charge is -2.20. The first kappa shape index (κ1) is 17.5. The molecule has 130 valence electrons. The maximum absolute atomic E-state index is 12.8. The average Bonchev–Trinajstić information content (AvgIpc) is 2.99. The van der Waals surface area contributed by atoms with Crippen LogP contribution in [0.3, 0.4) is 0 Å². The number of nitrogens with zero attached hydrogens (tertiary/aromatic N) is 1. The van der Waals surface area contributed by atoms with Gasteiger partial charge in [0.1, 0.15) is 5.92 Å². The van der Waals surface area contributed by atoms with Crippen molar-refractivity contribution in [3.05, 3.63) is 64.7 Å². The molecule has 1 aliphatic rings. The summed E-state index contributed by atoms with van der Waals surface area (Å²) in [5, 5.41) is 3.58. The Morgan fingerprint density at radius 1 is 1.20 bits per heavy atom. The number of carbonyl (C=O) groups excluding carboxylic acids is 2. The van der Waals surface area contributed by atoms with Crippen molar-refractivity contribution in [2.45, 2.75) is 26.3 Å². The van der Waals surface area contributed by atoms with Gasteiger partial charge in [0.15, 0.2) is 0 Å². The summed E-state index contributed by atoms with van der Waals surface area (Å²) < 4.78 is 0. The molecule has 0 aliphatic carbocycles. The van der Waals surface area contributed by atoms with Crippen molar-refractivity contribution in [3.8, 4) is 0 Å². The van der Waals surface area contributed by atoms with Crippen LogP contribution in [-0.2, 0) is 9.59 Å². The summed E-state index contributed by atoms with van der Waals surface area (Å²) >= 11 is 6.16. The molecule has 1 saturated heterocycles. The van der Waals surface area contributed by atoms with Gasteiger partial charge in [-0.1, -0.05) is 48.0 Å². The Morgan fingerprint density at radius 3 is 2.64 bits per heavy atom. The van der Waals surface area contributed by atoms with Crippen LogP contribution in [0.5, 0.6) is 0 Å². The van der Waals surface area contributed by atoms with Gasteiger partial charge in [0.2, 0.25) is 11.8 Å². The molecule has 2 atom stereocenters. The van der Waals surface area contributed by atoms with E-state index >= 15 is 0 Å². The van der Waals surface area contributed by atoms with Gasteiger partial charge in [-0.05, 0) is 43.5 Å². The van der Waals surface area contributed by atoms with Gasteiger partial charge in [-0.25, -0.2) is 0 Å². The minimum Gasteiger partial charge on any atom is -0.349 e. The molecule has 0 saturated carbocycles. The van der Waals surface area contributed by atoms with Crippen LogP contribution in [0.1, 0.15) is 30.5 Å². The zero-order valence-corrected chi connectivity index (χ0v) is 15.1. The molecule has 0 unspecified atom stereocenters. The average molecular weight is 357 g/mol. The third-order valence-electron chi connectivity index (χ3n) is 4.71. The summed E-state index contributed by atoms with van der Waals surface area (Å²) in [5.74, 6) is -1.03. The molecule has 1 fully saturated rings. The highest BCUT2D eigenvalue weighted by Gasteiger charge is 2.38. The molecule has 1 N–H and O–H groups in total. The van der Waals surface area contributed by atoms with Crippen molar-refractivity contribution in [2.24, 2.45) is 5.92 Å². The fourth-order valence-electron chi connectivity index (χ4n) is 3.19. The van der Waals surface area contributed by atoms with E-state index < -0.39 is 5.92 Å². The van der Waals surface area contributed by atoms with Crippen LogP contribution in [0.25, 0.3) is 0 Å². The monoisotopic (exact) mass is 356 g/mol. The summed E-state index contributed by atoms with van der Waals surface area (Å²) in [6.07, 6.45) is 0.512. The molecule has 0 spiro atoms. The van der Waals surface area contributed by atoms with E-state index in [1.54, 1.807) is 11.0 Å². The van der Waals surface area contributed by atoms with E-state index in [1.165, 1.54) is 0 Å². The highest BCUT2D eigenvalue weighted by atomic mass is 35.5. The van der Waals surface area contributed by atoms with Crippen LogP contribution in [0.4, 0.5) is 5.69 Å². The highest BCUT2D eigenvalue weighted by Crippen LogP contribution is 2.31. The molecule has 2 aromatic carbocycles. The highest BCUT2D eigenvalue weighted by molar-refractivity contribution is 6.31. The standard InChI is InChI=1S/C20H21ClN2O2/c1-13-17(21)9-6-10-18(13)23-12-11-16(20(23)25)19(24)22-14(2)15-7-4-3-5-8-15/h3-10,14,16H,11-12H2,1-2H3,(H,22,24)/t14-,16+/m0/s1. The van der Waals surface area contributed by atoms with Crippen LogP contribution in [-0.4, -0.2) is 18.4 Å². The van der Waals surface area contributed by atoms with E-state index in [4.69, 9.17) is 11.6 Å². The number of amides is 2. The van der Waals surface area contributed by atoms with Crippen LogP contribution < -0.4 is 10.2 Å². The van der Waals surface area contributed by atoms with Crippen LogP contribution in [0.15, 0.2) is 48.5 Å². The fraction of sp³-hybridized carbons (Fsp3) is 0.300. The molecular weight excluding hydrogens is 336 g/mol. The minimum absolute atomic E-state index is 0.136. The molecule has 1 heterocycles. The van der Waals surface area contributed by atoms with E-state index in [1.807, 2.05) is 56.3 Å². The fourth-order valence-corrected chi connectivity index (χ4v) is 3.36. The van der Waals surface area contributed by atoms with E-state index in [2.05, 4.69) is 5.32 Å². The molecular formula is C20H21ClN2O2. The van der Waals surface area contributed by atoms with E-state index in [0.29, 0.717) is 18.0 Å². The molecule has 2 amide bonds. The second-order valence-corrected chi connectivity index (χ2v) is 6.76. The molecule has 25 heavy (non-hydrogen) atoms. The predicted octanol–water partition coefficient (Wildman–Crippen LogP) is 3.88. The second kappa shape index (κ2) is 7.28. The lowest BCUT2D eigenvalue weighted by molar-refractivity contribution is -0.132. The quantitative estimate of drug-likeness (QED) is 0.845. The van der Waals surface area contributed by atoms with Crippen LogP contribution in [0.2, 0.25) is 5.02 Å². The maximum Gasteiger partial charge on any atom is 0.239 e. The smallest absolute Gasteiger partial charge is 0.239 e. The van der Waals surface area contributed by atoms with Gasteiger partial charge in [0.25, 0.3) is 0 Å². The first-order valence-electron chi connectivity index (χ1n) is 8.41. The molecule has 5 heteroatoms. The molecule has 2 aromatic rings. The van der Waals surface area contributed by atoms with Gasteiger partial charge in [0, 0.05) is 17.3 Å². The Kier molecular flexibility index (Phi) is 5.09. The van der Waals surface area contributed by atoms with Gasteiger partial charge in [0.05, 0.1) is 6.04 Å². The lowest BCUT2D eigenvalue weighted by Crippen LogP contribution is -2.38. The topological polar surface area (TPSA) is 49.4 Å². The zero-order chi connectivity index (χ0) is 18.0. The third-order valence-corrected chi connectivity index (χ3v) is 5.12. The van der Waals surface area contributed by atoms with Crippen molar-refractivity contribution >= 4 is 29.1 Å². The number of hydrogen-bond acceptors (Lipinski definition) is 2. The number of rotatable bonds is 4. The summed E-state index contributed by atoms with van der Waals surface area (Å²) in [4.78, 5) is 27.0. The SMILES string of the molecule is Cc1c(Cl)cccc1N1CC[C@H](C(=O)N[C@@H](C)c2ccccc2)C1=O. The number of benzene rings is 2. The third kappa shape index (κ3) is 3.54. The number of hydrogen-bond donors (Lipinski definition) is 1. The second-order valence-electron chi connectivity index (χ2n) is 6.36. The van der Waals surface area contributed by atoms with E-state index in [9.17, 15) is 9.59 Å². The number of carbonyl (C=O) groups is 2. The Labute approximate surface area is 152 Å². The molecule has 0 aromatic heterocycles. The summed E-state index contributed by atoms with van der Waals surface area (Å²) in [5.41, 5.74) is 2.66. The van der Waals surface area contributed by atoms with Crippen molar-refractivity contribution in [1.82, 2.24) is 5.32 Å². The molecule has 4 nitrogen and oxygen atoms in total. The number of nitrogens with one attached hydrogen (secondary N) is 1. The lowest BCUT2D eigenvalue weighted by atomic mass is 10.0.